The minimum absolute atomic E-state index is 0. The van der Waals surface area contributed by atoms with E-state index in [0.717, 1.165) is 0 Å². The van der Waals surface area contributed by atoms with E-state index in [2.05, 4.69) is 0 Å². The molecule has 6 N–H and O–H groups in total. The molecule has 0 atom stereocenters. The van der Waals surface area contributed by atoms with Gasteiger partial charge in [-0.3, -0.25) is 4.57 Å². The Morgan fingerprint density at radius 2 is 1.15 bits per heavy atom. The summed E-state index contributed by atoms with van der Waals surface area (Å²) in [4.78, 5) is 14.3. The molecule has 0 radical (unpaired) electrons. The number of nitrogens with two attached hydrogens (primary N) is 2. The molecule has 0 heterocycles. The average molecular weight is 222 g/mol. The van der Waals surface area contributed by atoms with Crippen molar-refractivity contribution >= 4 is 37.8 Å². The second-order valence-electron chi connectivity index (χ2n) is 2.27. The van der Waals surface area contributed by atoms with Crippen LogP contribution in [-0.2, 0) is 4.57 Å². The third-order valence-corrected chi connectivity index (χ3v) is 1.17. The van der Waals surface area contributed by atoms with Crippen molar-refractivity contribution in [2.75, 3.05) is 13.1 Å². The van der Waals surface area contributed by atoms with E-state index in [-0.39, 0.29) is 29.6 Å². The SMILES string of the molecule is C1CCC1.NCCN.O=[PH](O)O.[NaH]. The fraction of sp³-hybridized carbons (Fsp3) is 1.00. The van der Waals surface area contributed by atoms with Gasteiger partial charge in [0.25, 0.3) is 0 Å². The summed E-state index contributed by atoms with van der Waals surface area (Å²) in [7, 11) is -3.13. The summed E-state index contributed by atoms with van der Waals surface area (Å²) in [5, 5.41) is 0. The van der Waals surface area contributed by atoms with Crippen molar-refractivity contribution in [1.29, 1.82) is 0 Å². The average Bonchev–Trinajstić information content (AvgIpc) is 1.82. The predicted molar refractivity (Wildman–Crippen MR) is 57.2 cm³/mol. The number of hydrogen-bond acceptors (Lipinski definition) is 3. The van der Waals surface area contributed by atoms with Gasteiger partial charge in [-0.15, -0.1) is 0 Å². The van der Waals surface area contributed by atoms with Gasteiger partial charge in [0.2, 0.25) is 0 Å². The topological polar surface area (TPSA) is 110 Å². The van der Waals surface area contributed by atoms with Crippen LogP contribution in [0.1, 0.15) is 25.7 Å². The molecular formula is C6H20N2NaO3P. The molecule has 1 aliphatic rings. The monoisotopic (exact) mass is 222 g/mol. The van der Waals surface area contributed by atoms with Gasteiger partial charge >= 0.3 is 37.8 Å². The zero-order valence-electron chi connectivity index (χ0n) is 7.20. The summed E-state index contributed by atoms with van der Waals surface area (Å²) in [6, 6.07) is 0. The zero-order valence-corrected chi connectivity index (χ0v) is 8.20. The normalized spacial score (nSPS) is 12.4. The van der Waals surface area contributed by atoms with Gasteiger partial charge in [0.1, 0.15) is 0 Å². The Balaban J connectivity index is -0.000000111. The zero-order chi connectivity index (χ0) is 9.82. The summed E-state index contributed by atoms with van der Waals surface area (Å²) < 4.78 is 8.74. The fourth-order valence-corrected chi connectivity index (χ4v) is 0.250. The second kappa shape index (κ2) is 18.8. The number of rotatable bonds is 1. The maximum absolute atomic E-state index is 8.74. The first-order valence-corrected chi connectivity index (χ1v) is 5.27. The van der Waals surface area contributed by atoms with Crippen LogP contribution in [0.2, 0.25) is 0 Å². The van der Waals surface area contributed by atoms with Crippen LogP contribution in [0.25, 0.3) is 0 Å². The molecule has 1 aliphatic carbocycles. The molecule has 78 valence electrons. The van der Waals surface area contributed by atoms with E-state index < -0.39 is 8.25 Å². The summed E-state index contributed by atoms with van der Waals surface area (Å²) in [5.74, 6) is 0. The Kier molecular flexibility index (Phi) is 28.3. The Morgan fingerprint density at radius 3 is 1.15 bits per heavy atom. The van der Waals surface area contributed by atoms with E-state index >= 15 is 0 Å². The minimum atomic E-state index is -3.13. The van der Waals surface area contributed by atoms with E-state index in [1.165, 1.54) is 25.7 Å². The van der Waals surface area contributed by atoms with Crippen molar-refractivity contribution in [3.8, 4) is 0 Å². The van der Waals surface area contributed by atoms with Crippen molar-refractivity contribution in [3.05, 3.63) is 0 Å². The molecule has 0 aromatic rings. The molecule has 0 saturated heterocycles. The molecule has 13 heavy (non-hydrogen) atoms. The van der Waals surface area contributed by atoms with E-state index in [1.54, 1.807) is 0 Å². The quantitative estimate of drug-likeness (QED) is 0.342. The van der Waals surface area contributed by atoms with Crippen LogP contribution in [0.15, 0.2) is 0 Å². The van der Waals surface area contributed by atoms with Gasteiger partial charge in [-0.25, -0.2) is 0 Å². The first-order valence-electron chi connectivity index (χ1n) is 3.97. The van der Waals surface area contributed by atoms with Gasteiger partial charge in [0, 0.05) is 13.1 Å². The van der Waals surface area contributed by atoms with Gasteiger partial charge in [0.15, 0.2) is 0 Å². The summed E-state index contributed by atoms with van der Waals surface area (Å²) in [5.41, 5.74) is 9.81. The van der Waals surface area contributed by atoms with Crippen molar-refractivity contribution in [1.82, 2.24) is 0 Å². The Hall–Kier alpha value is 1.07. The van der Waals surface area contributed by atoms with Crippen LogP contribution >= 0.6 is 8.25 Å². The van der Waals surface area contributed by atoms with Gasteiger partial charge in [-0.05, 0) is 0 Å². The third kappa shape index (κ3) is 43.5. The Bertz CT molecular complexity index is 93.9. The standard InChI is InChI=1S/C4H8.C2H8N2.Na.H3O3P.H/c1-2-4-3-1;3-1-2-4;;1-4(2)3;/h2*1-4H2;;4H,(H2,1,2,3);. The van der Waals surface area contributed by atoms with E-state index in [4.69, 9.17) is 25.8 Å². The van der Waals surface area contributed by atoms with E-state index in [1.807, 2.05) is 0 Å². The molecule has 0 amide bonds. The molecule has 0 aromatic heterocycles. The van der Waals surface area contributed by atoms with Gasteiger partial charge in [-0.2, -0.15) is 0 Å². The molecule has 0 aromatic carbocycles. The van der Waals surface area contributed by atoms with Crippen LogP contribution in [0.5, 0.6) is 0 Å². The number of hydrogen-bond donors (Lipinski definition) is 4. The maximum atomic E-state index is 8.74. The molecule has 1 rings (SSSR count). The van der Waals surface area contributed by atoms with Crippen molar-refractivity contribution < 1.29 is 14.4 Å². The van der Waals surface area contributed by atoms with Crippen LogP contribution in [0.4, 0.5) is 0 Å². The first-order chi connectivity index (χ1) is 5.65. The fourth-order valence-electron chi connectivity index (χ4n) is 0.250. The molecule has 1 fully saturated rings. The Morgan fingerprint density at radius 1 is 1.00 bits per heavy atom. The van der Waals surface area contributed by atoms with Gasteiger partial charge in [-0.1, -0.05) is 25.7 Å². The predicted octanol–water partition coefficient (Wildman–Crippen LogP) is -0.824. The summed E-state index contributed by atoms with van der Waals surface area (Å²) in [6.45, 7) is 1.19. The molecule has 1 saturated carbocycles. The summed E-state index contributed by atoms with van der Waals surface area (Å²) in [6.07, 6.45) is 6.00. The van der Waals surface area contributed by atoms with Crippen molar-refractivity contribution in [3.63, 3.8) is 0 Å². The van der Waals surface area contributed by atoms with E-state index in [9.17, 15) is 0 Å². The molecule has 7 heteroatoms. The van der Waals surface area contributed by atoms with Gasteiger partial charge in [0.05, 0.1) is 0 Å². The second-order valence-corrected chi connectivity index (χ2v) is 2.84. The van der Waals surface area contributed by atoms with Crippen LogP contribution in [0, 0.1) is 0 Å². The first kappa shape index (κ1) is 19.6. The third-order valence-electron chi connectivity index (χ3n) is 1.17. The van der Waals surface area contributed by atoms with Crippen LogP contribution in [0.3, 0.4) is 0 Å². The van der Waals surface area contributed by atoms with E-state index in [0.29, 0.717) is 13.1 Å². The Labute approximate surface area is 102 Å². The molecule has 0 spiro atoms. The summed E-state index contributed by atoms with van der Waals surface area (Å²) >= 11 is 0. The molecule has 5 nitrogen and oxygen atoms in total. The molecule has 0 bridgehead atoms. The van der Waals surface area contributed by atoms with Crippen molar-refractivity contribution in [2.24, 2.45) is 11.5 Å². The van der Waals surface area contributed by atoms with Crippen LogP contribution < -0.4 is 11.5 Å². The van der Waals surface area contributed by atoms with Gasteiger partial charge < -0.3 is 21.3 Å². The van der Waals surface area contributed by atoms with Crippen molar-refractivity contribution in [2.45, 2.75) is 25.7 Å². The molecule has 0 aliphatic heterocycles. The molecular weight excluding hydrogens is 202 g/mol. The molecule has 0 unspecified atom stereocenters. The van der Waals surface area contributed by atoms with Crippen LogP contribution in [-0.4, -0.2) is 52.4 Å².